The van der Waals surface area contributed by atoms with Crippen LogP contribution in [0.15, 0.2) is 24.3 Å². The molecule has 0 aliphatic heterocycles. The summed E-state index contributed by atoms with van der Waals surface area (Å²) < 4.78 is 7.11. The highest BCUT2D eigenvalue weighted by molar-refractivity contribution is 7.18. The first-order valence-electron chi connectivity index (χ1n) is 7.26. The van der Waals surface area contributed by atoms with Crippen molar-refractivity contribution >= 4 is 21.6 Å². The van der Waals surface area contributed by atoms with E-state index in [1.807, 2.05) is 20.2 Å². The van der Waals surface area contributed by atoms with Crippen LogP contribution >= 0.6 is 11.3 Å². The number of aromatic nitrogens is 1. The second kappa shape index (κ2) is 6.66. The van der Waals surface area contributed by atoms with Crippen molar-refractivity contribution in [3.05, 3.63) is 29.3 Å². The normalized spacial score (nSPS) is 13.8. The molecule has 20 heavy (non-hydrogen) atoms. The van der Waals surface area contributed by atoms with E-state index in [0.717, 1.165) is 24.8 Å². The van der Waals surface area contributed by atoms with Gasteiger partial charge in [0, 0.05) is 19.6 Å². The van der Waals surface area contributed by atoms with E-state index in [4.69, 9.17) is 9.72 Å². The molecule has 1 aromatic heterocycles. The van der Waals surface area contributed by atoms with Crippen LogP contribution in [0.1, 0.15) is 31.7 Å². The zero-order valence-electron chi connectivity index (χ0n) is 12.8. The third kappa shape index (κ3) is 2.87. The van der Waals surface area contributed by atoms with Crippen LogP contribution in [0.3, 0.4) is 0 Å². The number of nitrogens with one attached hydrogen (secondary N) is 1. The van der Waals surface area contributed by atoms with Gasteiger partial charge in [-0.15, -0.1) is 11.3 Å². The van der Waals surface area contributed by atoms with Gasteiger partial charge in [-0.25, -0.2) is 4.98 Å². The molecular weight excluding hydrogens is 268 g/mol. The summed E-state index contributed by atoms with van der Waals surface area (Å²) in [5, 5.41) is 4.61. The second-order valence-corrected chi connectivity index (χ2v) is 6.21. The van der Waals surface area contributed by atoms with E-state index < -0.39 is 0 Å². The van der Waals surface area contributed by atoms with Crippen LogP contribution in [0.5, 0.6) is 0 Å². The van der Waals surface area contributed by atoms with Crippen molar-refractivity contribution in [1.82, 2.24) is 10.3 Å². The van der Waals surface area contributed by atoms with E-state index in [1.54, 1.807) is 11.3 Å². The molecule has 1 aromatic carbocycles. The molecule has 0 radical (unpaired) electrons. The molecule has 1 heterocycles. The van der Waals surface area contributed by atoms with Crippen LogP contribution in [0.2, 0.25) is 0 Å². The monoisotopic (exact) mass is 292 g/mol. The minimum Gasteiger partial charge on any atom is -0.377 e. The minimum atomic E-state index is -0.118. The molecular formula is C16H24N2OS. The van der Waals surface area contributed by atoms with E-state index in [0.29, 0.717) is 0 Å². The summed E-state index contributed by atoms with van der Waals surface area (Å²) in [5.74, 6) is 0. The molecule has 1 atom stereocenters. The van der Waals surface area contributed by atoms with E-state index in [1.165, 1.54) is 9.71 Å². The summed E-state index contributed by atoms with van der Waals surface area (Å²) in [4.78, 5) is 4.74. The zero-order valence-corrected chi connectivity index (χ0v) is 13.6. The lowest BCUT2D eigenvalue weighted by molar-refractivity contribution is -0.0454. The molecule has 0 saturated heterocycles. The number of likely N-dealkylation sites (N-methyl/N-ethyl adjacent to an activating group) is 1. The van der Waals surface area contributed by atoms with Crippen LogP contribution in [0.4, 0.5) is 0 Å². The lowest BCUT2D eigenvalue weighted by Crippen LogP contribution is -2.51. The van der Waals surface area contributed by atoms with E-state index >= 15 is 0 Å². The predicted octanol–water partition coefficient (Wildman–Crippen LogP) is 3.63. The summed E-state index contributed by atoms with van der Waals surface area (Å²) >= 11 is 1.78. The number of thiazole rings is 1. The molecule has 0 fully saturated rings. The number of fused-ring (bicyclic) bond motifs is 1. The molecule has 2 aromatic rings. The maximum atomic E-state index is 5.85. The van der Waals surface area contributed by atoms with Crippen LogP contribution in [-0.4, -0.2) is 30.8 Å². The molecule has 0 bridgehead atoms. The molecule has 3 nitrogen and oxygen atoms in total. The number of hydrogen-bond donors (Lipinski definition) is 1. The number of ether oxygens (including phenoxy) is 1. The van der Waals surface area contributed by atoms with Crippen molar-refractivity contribution in [2.45, 2.75) is 44.8 Å². The van der Waals surface area contributed by atoms with E-state index in [2.05, 4.69) is 37.4 Å². The number of hydrogen-bond acceptors (Lipinski definition) is 4. The summed E-state index contributed by atoms with van der Waals surface area (Å²) in [6.07, 6.45) is 2.90. The third-order valence-corrected chi connectivity index (χ3v) is 5.36. The fraction of sp³-hybridized carbons (Fsp3) is 0.562. The Morgan fingerprint density at radius 1 is 1.30 bits per heavy atom. The van der Waals surface area contributed by atoms with Crippen LogP contribution in [0.25, 0.3) is 10.2 Å². The number of benzene rings is 1. The Balaban J connectivity index is 2.25. The van der Waals surface area contributed by atoms with Gasteiger partial charge in [0.15, 0.2) is 0 Å². The minimum absolute atomic E-state index is 0.118. The van der Waals surface area contributed by atoms with Crippen molar-refractivity contribution in [3.8, 4) is 0 Å². The van der Waals surface area contributed by atoms with Crippen molar-refractivity contribution in [1.29, 1.82) is 0 Å². The second-order valence-electron chi connectivity index (χ2n) is 5.10. The molecule has 0 spiro atoms. The first kappa shape index (κ1) is 15.4. The van der Waals surface area contributed by atoms with Crippen LogP contribution in [-0.2, 0) is 11.2 Å². The predicted molar refractivity (Wildman–Crippen MR) is 86.5 cm³/mol. The quantitative estimate of drug-likeness (QED) is 0.846. The summed E-state index contributed by atoms with van der Waals surface area (Å²) in [5.41, 5.74) is 0.977. The molecule has 2 rings (SSSR count). The fourth-order valence-corrected chi connectivity index (χ4v) is 3.92. The molecule has 0 aliphatic rings. The Hall–Kier alpha value is -0.970. The molecule has 0 amide bonds. The molecule has 1 unspecified atom stereocenters. The molecule has 0 aliphatic carbocycles. The maximum absolute atomic E-state index is 5.85. The molecule has 1 N–H and O–H groups in total. The van der Waals surface area contributed by atoms with Gasteiger partial charge < -0.3 is 10.1 Å². The van der Waals surface area contributed by atoms with Gasteiger partial charge in [0.05, 0.1) is 20.8 Å². The van der Waals surface area contributed by atoms with Crippen molar-refractivity contribution in [2.75, 3.05) is 14.2 Å². The smallest absolute Gasteiger partial charge is 0.0955 e. The largest absolute Gasteiger partial charge is 0.377 e. The van der Waals surface area contributed by atoms with E-state index in [9.17, 15) is 0 Å². The molecule has 4 heteroatoms. The number of methoxy groups -OCH3 is 1. The Morgan fingerprint density at radius 2 is 2.00 bits per heavy atom. The zero-order chi connectivity index (χ0) is 14.6. The first-order valence-corrected chi connectivity index (χ1v) is 8.07. The molecule has 110 valence electrons. The number of rotatable bonds is 7. The SMILES string of the molecule is CCC(CC)(OC)C(Cc1nc2ccccc2s1)NC. The lowest BCUT2D eigenvalue weighted by Gasteiger charge is -2.38. The maximum Gasteiger partial charge on any atom is 0.0955 e. The first-order chi connectivity index (χ1) is 9.69. The number of para-hydroxylation sites is 1. The van der Waals surface area contributed by atoms with Crippen molar-refractivity contribution in [2.24, 2.45) is 0 Å². The van der Waals surface area contributed by atoms with Crippen LogP contribution in [0, 0.1) is 0 Å². The van der Waals surface area contributed by atoms with Crippen molar-refractivity contribution < 1.29 is 4.74 Å². The Bertz CT molecular complexity index is 507. The topological polar surface area (TPSA) is 34.1 Å². The van der Waals surface area contributed by atoms with Gasteiger partial charge in [0.1, 0.15) is 0 Å². The summed E-state index contributed by atoms with van der Waals surface area (Å²) in [6.45, 7) is 4.38. The van der Waals surface area contributed by atoms with Gasteiger partial charge in [-0.2, -0.15) is 0 Å². The molecule has 0 saturated carbocycles. The fourth-order valence-electron chi connectivity index (χ4n) is 2.91. The summed E-state index contributed by atoms with van der Waals surface area (Å²) in [6, 6.07) is 8.60. The highest BCUT2D eigenvalue weighted by Gasteiger charge is 2.35. The third-order valence-electron chi connectivity index (χ3n) is 4.30. The number of nitrogens with zero attached hydrogens (tertiary/aromatic N) is 1. The van der Waals surface area contributed by atoms with Gasteiger partial charge in [-0.3, -0.25) is 0 Å². The Kier molecular flexibility index (Phi) is 5.13. The van der Waals surface area contributed by atoms with Crippen LogP contribution < -0.4 is 5.32 Å². The van der Waals surface area contributed by atoms with Gasteiger partial charge in [0.2, 0.25) is 0 Å². The average molecular weight is 292 g/mol. The Morgan fingerprint density at radius 3 is 2.55 bits per heavy atom. The Labute approximate surface area is 125 Å². The van der Waals surface area contributed by atoms with Gasteiger partial charge in [-0.1, -0.05) is 26.0 Å². The average Bonchev–Trinajstić information content (AvgIpc) is 2.90. The standard InChI is InChI=1S/C16H24N2OS/c1-5-16(6-2,19-4)14(17-3)11-15-18-12-9-7-8-10-13(12)20-15/h7-10,14,17H,5-6,11H2,1-4H3. The highest BCUT2D eigenvalue weighted by Crippen LogP contribution is 2.29. The van der Waals surface area contributed by atoms with E-state index in [-0.39, 0.29) is 11.6 Å². The van der Waals surface area contributed by atoms with Gasteiger partial charge in [0.25, 0.3) is 0 Å². The van der Waals surface area contributed by atoms with Gasteiger partial charge in [-0.05, 0) is 32.0 Å². The lowest BCUT2D eigenvalue weighted by atomic mass is 9.86. The van der Waals surface area contributed by atoms with Crippen molar-refractivity contribution in [3.63, 3.8) is 0 Å². The highest BCUT2D eigenvalue weighted by atomic mass is 32.1. The van der Waals surface area contributed by atoms with Gasteiger partial charge >= 0.3 is 0 Å². The summed E-state index contributed by atoms with van der Waals surface area (Å²) in [7, 11) is 3.83.